The Balaban J connectivity index is 0.000000717. The third-order valence-corrected chi connectivity index (χ3v) is 5.26. The van der Waals surface area contributed by atoms with Gasteiger partial charge in [0.05, 0.1) is 11.5 Å². The highest BCUT2D eigenvalue weighted by Crippen LogP contribution is 2.36. The number of carbonyl (C=O) groups excluding carboxylic acids is 1. The summed E-state index contributed by atoms with van der Waals surface area (Å²) in [5.74, 6) is -21.7. The molecule has 5 rings (SSSR count). The Bertz CT molecular complexity index is 1470. The molecule has 0 bridgehead atoms. The molecule has 0 atom stereocenters. The summed E-state index contributed by atoms with van der Waals surface area (Å²) in [6, 6.07) is 10.0. The molecule has 0 fully saturated rings. The lowest BCUT2D eigenvalue weighted by Crippen LogP contribution is -2.14. The summed E-state index contributed by atoms with van der Waals surface area (Å²) in [7, 11) is 0. The highest BCUT2D eigenvalue weighted by molar-refractivity contribution is 5.75. The van der Waals surface area contributed by atoms with E-state index >= 15 is 0 Å². The third-order valence-electron chi connectivity index (χ3n) is 5.26. The maximum absolute atomic E-state index is 14.1. The van der Waals surface area contributed by atoms with Crippen LogP contribution in [0, 0.1) is 58.2 Å². The van der Waals surface area contributed by atoms with Crippen molar-refractivity contribution in [2.75, 3.05) is 0 Å². The fourth-order valence-electron chi connectivity index (χ4n) is 3.40. The van der Waals surface area contributed by atoms with Crippen LogP contribution in [-0.2, 0) is 0 Å². The summed E-state index contributed by atoms with van der Waals surface area (Å²) in [6.45, 7) is 0. The van der Waals surface area contributed by atoms with E-state index < -0.39 is 81.5 Å². The van der Waals surface area contributed by atoms with Gasteiger partial charge >= 0.3 is 0 Å². The quantitative estimate of drug-likeness (QED) is 0.0808. The number of aromatic nitrogens is 3. The van der Waals surface area contributed by atoms with Crippen LogP contribution in [0.1, 0.15) is 42.1 Å². The predicted molar refractivity (Wildman–Crippen MR) is 133 cm³/mol. The van der Waals surface area contributed by atoms with Crippen molar-refractivity contribution < 1.29 is 54.8 Å². The molecule has 3 heterocycles. The molecule has 0 amide bonds. The van der Waals surface area contributed by atoms with Gasteiger partial charge in [0, 0.05) is 43.2 Å². The van der Waals surface area contributed by atoms with Crippen LogP contribution < -0.4 is 0 Å². The van der Waals surface area contributed by atoms with Crippen molar-refractivity contribution in [3.63, 3.8) is 0 Å². The van der Waals surface area contributed by atoms with Crippen LogP contribution in [0.25, 0.3) is 0 Å². The SMILES string of the molecule is C.F.Fc1c(F)c(F)c(C(c2ccc[nH]2)c2ccc[nH]2)c(F)c1F.O=Cc1c(F)c(F)c(F)c(F)c1F.[3HH].c1cc[nH]c1. The minimum Gasteiger partial charge on any atom is -0.368 e. The number of H-pyrrole nitrogens is 3. The molecule has 2 aromatic carbocycles. The number of benzene rings is 2. The first-order valence-electron chi connectivity index (χ1n) is 10.8. The van der Waals surface area contributed by atoms with Crippen LogP contribution in [0.2, 0.25) is 0 Å². The molecule has 0 unspecified atom stereocenters. The van der Waals surface area contributed by atoms with Crippen molar-refractivity contribution in [1.82, 2.24) is 15.0 Å². The number of nitrogens with one attached hydrogen (secondary N) is 3. The highest BCUT2D eigenvalue weighted by atomic mass is 19.2. The predicted octanol–water partition coefficient (Wildman–Crippen LogP) is 8.46. The summed E-state index contributed by atoms with van der Waals surface area (Å²) in [5.41, 5.74) is -1.77. The number of carbonyl (C=O) groups is 1. The number of aromatic amines is 3. The van der Waals surface area contributed by atoms with Crippen LogP contribution in [-0.4, -0.2) is 21.2 Å². The van der Waals surface area contributed by atoms with Crippen molar-refractivity contribution in [2.45, 2.75) is 13.3 Å². The molecule has 15 heteroatoms. The molecule has 5 aromatic rings. The first-order valence-corrected chi connectivity index (χ1v) is 10.8. The minimum absolute atomic E-state index is 0. The van der Waals surface area contributed by atoms with E-state index in [1.54, 1.807) is 12.1 Å². The maximum Gasteiger partial charge on any atom is 0.200 e. The number of halogens is 11. The van der Waals surface area contributed by atoms with Crippen molar-refractivity contribution in [3.05, 3.63) is 142 Å². The van der Waals surface area contributed by atoms with E-state index in [2.05, 4.69) is 15.0 Å². The molecule has 0 saturated carbocycles. The van der Waals surface area contributed by atoms with E-state index in [-0.39, 0.29) is 13.6 Å². The lowest BCUT2D eigenvalue weighted by atomic mass is 9.91. The van der Waals surface area contributed by atoms with Gasteiger partial charge in [-0.05, 0) is 36.4 Å². The van der Waals surface area contributed by atoms with Crippen molar-refractivity contribution in [1.29, 1.82) is 0 Å². The average Bonchev–Trinajstić information content (AvgIpc) is 3.77. The van der Waals surface area contributed by atoms with Crippen LogP contribution in [0.4, 0.5) is 48.6 Å². The van der Waals surface area contributed by atoms with Gasteiger partial charge in [-0.1, -0.05) is 7.43 Å². The van der Waals surface area contributed by atoms with Gasteiger partial charge in [-0.25, -0.2) is 43.9 Å². The largest absolute Gasteiger partial charge is 0.368 e. The second kappa shape index (κ2) is 15.3. The van der Waals surface area contributed by atoms with Gasteiger partial charge in [-0.2, -0.15) is 0 Å². The zero-order valence-electron chi connectivity index (χ0n) is 20.0. The number of rotatable bonds is 4. The first-order chi connectivity index (χ1) is 19.0. The fraction of sp³-hybridized carbons (Fsp3) is 0.0741. The molecular weight excluding hydrogens is 591 g/mol. The maximum atomic E-state index is 14.1. The second-order valence-electron chi connectivity index (χ2n) is 7.65. The summed E-state index contributed by atoms with van der Waals surface area (Å²) < 4.78 is 130. The smallest absolute Gasteiger partial charge is 0.200 e. The highest BCUT2D eigenvalue weighted by Gasteiger charge is 2.33. The van der Waals surface area contributed by atoms with Gasteiger partial charge in [-0.15, -0.1) is 0 Å². The summed E-state index contributed by atoms with van der Waals surface area (Å²) in [6.07, 6.45) is 6.31. The number of aldehydes is 1. The van der Waals surface area contributed by atoms with Gasteiger partial charge in [-0.3, -0.25) is 9.50 Å². The average molecular weight is 615 g/mol. The van der Waals surface area contributed by atoms with Crippen molar-refractivity contribution in [2.24, 2.45) is 0 Å². The van der Waals surface area contributed by atoms with Gasteiger partial charge in [0.25, 0.3) is 0 Å². The van der Waals surface area contributed by atoms with Crippen LogP contribution in [0.5, 0.6) is 0 Å². The monoisotopic (exact) mass is 615 g/mol. The van der Waals surface area contributed by atoms with E-state index in [9.17, 15) is 48.7 Å². The Labute approximate surface area is 231 Å². The Hall–Kier alpha value is -4.82. The standard InChI is InChI=1S/C15H9F5N2.C7HF5O.C4H5N.CH4.FH.H2/c16-11-10(12(17)14(19)15(20)13(11)18)9(7-3-1-5-21-7)8-4-2-6-22-8;8-3-2(1-13)4(9)6(11)7(12)5(3)10;1-2-4-5-3-1;;;/h1-6,9,21-22H;1H;1-5H;1H4;2*1H/i;;;;;1+2. The molecular formula is C27H22F11N3O. The van der Waals surface area contributed by atoms with E-state index in [1.165, 1.54) is 24.5 Å². The molecule has 0 spiro atoms. The van der Waals surface area contributed by atoms with Gasteiger partial charge in [0.15, 0.2) is 52.8 Å². The molecule has 0 aliphatic carbocycles. The summed E-state index contributed by atoms with van der Waals surface area (Å²) in [4.78, 5) is 18.3. The van der Waals surface area contributed by atoms with Crippen molar-refractivity contribution in [3.8, 4) is 0 Å². The first kappa shape index (κ1) is 35.2. The summed E-state index contributed by atoms with van der Waals surface area (Å²) in [5, 5.41) is 0. The third kappa shape index (κ3) is 7.08. The second-order valence-corrected chi connectivity index (χ2v) is 7.65. The molecule has 3 aromatic heterocycles. The Morgan fingerprint density at radius 1 is 0.548 bits per heavy atom. The van der Waals surface area contributed by atoms with Crippen LogP contribution in [0.3, 0.4) is 0 Å². The Morgan fingerprint density at radius 2 is 0.905 bits per heavy atom. The number of hydrogen-bond donors (Lipinski definition) is 3. The van der Waals surface area contributed by atoms with E-state index in [0.29, 0.717) is 11.4 Å². The molecule has 0 radical (unpaired) electrons. The number of hydrogen-bond acceptors (Lipinski definition) is 1. The lowest BCUT2D eigenvalue weighted by molar-refractivity contribution is 0.111. The molecule has 0 aliphatic rings. The Morgan fingerprint density at radius 3 is 1.19 bits per heavy atom. The normalized spacial score (nSPS) is 10.1. The zero-order valence-corrected chi connectivity index (χ0v) is 20.0. The van der Waals surface area contributed by atoms with Crippen molar-refractivity contribution >= 4 is 6.29 Å². The van der Waals surface area contributed by atoms with E-state index in [1.807, 2.05) is 24.5 Å². The molecule has 42 heavy (non-hydrogen) atoms. The van der Waals surface area contributed by atoms with Crippen LogP contribution >= 0.6 is 0 Å². The van der Waals surface area contributed by atoms with E-state index in [4.69, 9.17) is 0 Å². The molecule has 3 N–H and O–H groups in total. The van der Waals surface area contributed by atoms with E-state index in [0.717, 1.165) is 0 Å². The van der Waals surface area contributed by atoms with Gasteiger partial charge in [0.2, 0.25) is 11.6 Å². The summed E-state index contributed by atoms with van der Waals surface area (Å²) >= 11 is 0. The fourth-order valence-corrected chi connectivity index (χ4v) is 3.40. The van der Waals surface area contributed by atoms with Crippen LogP contribution in [0.15, 0.2) is 61.2 Å². The molecule has 4 nitrogen and oxygen atoms in total. The topological polar surface area (TPSA) is 64.4 Å². The van der Waals surface area contributed by atoms with Gasteiger partial charge in [0.1, 0.15) is 0 Å². The Kier molecular flexibility index (Phi) is 12.8. The molecule has 228 valence electrons. The van der Waals surface area contributed by atoms with Gasteiger partial charge < -0.3 is 15.0 Å². The lowest BCUT2D eigenvalue weighted by Gasteiger charge is -2.18. The molecule has 0 saturated heterocycles. The molecule has 0 aliphatic heterocycles. The minimum atomic E-state index is -2.28. The zero-order chi connectivity index (χ0) is 29.6.